The van der Waals surface area contributed by atoms with Gasteiger partial charge in [0, 0.05) is 58.7 Å². The van der Waals surface area contributed by atoms with E-state index in [-0.39, 0.29) is 0 Å². The molecular weight excluding hydrogens is 653 g/mol. The first-order valence-electron chi connectivity index (χ1n) is 17.4. The van der Waals surface area contributed by atoms with Crippen molar-refractivity contribution in [2.45, 2.75) is 0 Å². The van der Waals surface area contributed by atoms with Crippen LogP contribution < -0.4 is 0 Å². The van der Waals surface area contributed by atoms with Gasteiger partial charge < -0.3 is 4.57 Å². The van der Waals surface area contributed by atoms with Crippen LogP contribution in [0.5, 0.6) is 0 Å². The van der Waals surface area contributed by atoms with Crippen molar-refractivity contribution in [3.63, 3.8) is 0 Å². The van der Waals surface area contributed by atoms with E-state index in [1.807, 2.05) is 47.7 Å². The fourth-order valence-electron chi connectivity index (χ4n) is 7.80. The highest BCUT2D eigenvalue weighted by atomic mass is 32.1. The van der Waals surface area contributed by atoms with Crippen LogP contribution in [0, 0.1) is 0 Å². The second-order valence-corrected chi connectivity index (χ2v) is 14.3. The van der Waals surface area contributed by atoms with E-state index in [0.29, 0.717) is 17.5 Å². The molecule has 11 aromatic rings. The van der Waals surface area contributed by atoms with Gasteiger partial charge in [-0.2, -0.15) is 0 Å². The van der Waals surface area contributed by atoms with Crippen LogP contribution in [0.2, 0.25) is 0 Å². The molecule has 0 unspecified atom stereocenters. The van der Waals surface area contributed by atoms with Gasteiger partial charge in [0.25, 0.3) is 0 Å². The van der Waals surface area contributed by atoms with Crippen molar-refractivity contribution in [1.29, 1.82) is 0 Å². The lowest BCUT2D eigenvalue weighted by Gasteiger charge is -2.11. The summed E-state index contributed by atoms with van der Waals surface area (Å²) in [6, 6.07) is 60.3. The number of hydrogen-bond acceptors (Lipinski definition) is 4. The molecule has 0 saturated heterocycles. The Morgan fingerprint density at radius 3 is 1.79 bits per heavy atom. The molecule has 0 saturated carbocycles. The van der Waals surface area contributed by atoms with E-state index in [2.05, 4.69) is 138 Å². The number of nitrogens with zero attached hydrogens (tertiary/aromatic N) is 4. The molecule has 0 aliphatic carbocycles. The molecule has 0 atom stereocenters. The Kier molecular flexibility index (Phi) is 6.39. The van der Waals surface area contributed by atoms with Gasteiger partial charge in [0.05, 0.1) is 11.0 Å². The van der Waals surface area contributed by atoms with Crippen molar-refractivity contribution < 1.29 is 0 Å². The summed E-state index contributed by atoms with van der Waals surface area (Å²) in [5.74, 6) is 1.99. The zero-order chi connectivity index (χ0) is 34.2. The maximum Gasteiger partial charge on any atom is 0.164 e. The van der Waals surface area contributed by atoms with Gasteiger partial charge in [-0.25, -0.2) is 15.0 Å². The minimum absolute atomic E-state index is 0.661. The third-order valence-electron chi connectivity index (χ3n) is 10.2. The fourth-order valence-corrected chi connectivity index (χ4v) is 8.97. The molecule has 0 aliphatic rings. The number of fused-ring (bicyclic) bond motifs is 9. The molecule has 8 aromatic carbocycles. The zero-order valence-electron chi connectivity index (χ0n) is 27.9. The molecule has 3 heterocycles. The highest BCUT2D eigenvalue weighted by molar-refractivity contribution is 7.26. The summed E-state index contributed by atoms with van der Waals surface area (Å²) >= 11 is 1.82. The number of thiophene rings is 1. The van der Waals surface area contributed by atoms with E-state index < -0.39 is 0 Å². The largest absolute Gasteiger partial charge is 0.309 e. The molecule has 52 heavy (non-hydrogen) atoms. The summed E-state index contributed by atoms with van der Waals surface area (Å²) in [7, 11) is 0. The molecule has 0 spiro atoms. The van der Waals surface area contributed by atoms with Crippen LogP contribution in [0.3, 0.4) is 0 Å². The molecule has 0 fully saturated rings. The van der Waals surface area contributed by atoms with Crippen LogP contribution in [0.1, 0.15) is 0 Å². The molecule has 0 N–H and O–H groups in total. The van der Waals surface area contributed by atoms with Crippen LogP contribution in [0.15, 0.2) is 170 Å². The highest BCUT2D eigenvalue weighted by Gasteiger charge is 2.20. The first kappa shape index (κ1) is 29.1. The van der Waals surface area contributed by atoms with Gasteiger partial charge in [-0.15, -0.1) is 11.3 Å². The number of rotatable bonds is 4. The summed E-state index contributed by atoms with van der Waals surface area (Å²) in [6.45, 7) is 0. The van der Waals surface area contributed by atoms with E-state index in [0.717, 1.165) is 27.8 Å². The summed E-state index contributed by atoms with van der Waals surface area (Å²) in [5, 5.41) is 9.84. The summed E-state index contributed by atoms with van der Waals surface area (Å²) in [5.41, 5.74) is 6.51. The van der Waals surface area contributed by atoms with E-state index in [4.69, 9.17) is 15.0 Å². The van der Waals surface area contributed by atoms with Crippen molar-refractivity contribution in [3.05, 3.63) is 170 Å². The Hall–Kier alpha value is -6.69. The SMILES string of the molecule is c1ccc(-c2nc(-c3ccccc3)nc(-c3cccc4sc5cc(-n6c7cc8ccccc8cc7c7ccc8ccccc8c76)ccc5c34)n2)cc1. The Labute approximate surface area is 302 Å². The Morgan fingerprint density at radius 1 is 0.404 bits per heavy atom. The number of hydrogen-bond donors (Lipinski definition) is 0. The van der Waals surface area contributed by atoms with Crippen molar-refractivity contribution in [2.24, 2.45) is 0 Å². The van der Waals surface area contributed by atoms with Gasteiger partial charge in [-0.05, 0) is 46.5 Å². The normalized spacial score (nSPS) is 11.8. The predicted molar refractivity (Wildman–Crippen MR) is 218 cm³/mol. The molecule has 5 heteroatoms. The van der Waals surface area contributed by atoms with Crippen molar-refractivity contribution >= 4 is 74.9 Å². The van der Waals surface area contributed by atoms with Crippen molar-refractivity contribution in [3.8, 4) is 39.9 Å². The lowest BCUT2D eigenvalue weighted by molar-refractivity contribution is 1.08. The first-order valence-corrected chi connectivity index (χ1v) is 18.3. The van der Waals surface area contributed by atoms with Crippen LogP contribution >= 0.6 is 11.3 Å². The average Bonchev–Trinajstić information content (AvgIpc) is 3.75. The van der Waals surface area contributed by atoms with E-state index >= 15 is 0 Å². The van der Waals surface area contributed by atoms with E-state index in [9.17, 15) is 0 Å². The molecule has 0 amide bonds. The van der Waals surface area contributed by atoms with Crippen LogP contribution in [0.25, 0.3) is 103 Å². The topological polar surface area (TPSA) is 43.6 Å². The molecule has 0 bridgehead atoms. The molecule has 0 radical (unpaired) electrons. The standard InChI is InChI=1S/C47H28N4S/c1-3-13-30(14-4-1)45-48-46(31-15-5-2-6-16-31)50-47(49-45)38-20-11-21-41-43(38)37-25-23-34(28-42(37)52-41)51-40-27-33-18-8-7-17-32(33)26-39(40)36-24-22-29-12-9-10-19-35(29)44(36)51/h1-28H. The van der Waals surface area contributed by atoms with Gasteiger partial charge in [-0.1, -0.05) is 140 Å². The van der Waals surface area contributed by atoms with Crippen molar-refractivity contribution in [2.75, 3.05) is 0 Å². The molecule has 3 aromatic heterocycles. The van der Waals surface area contributed by atoms with Crippen LogP contribution in [-0.2, 0) is 0 Å². The molecule has 11 rings (SSSR count). The number of aromatic nitrogens is 4. The molecule has 4 nitrogen and oxygen atoms in total. The van der Waals surface area contributed by atoms with E-state index in [1.54, 1.807) is 0 Å². The van der Waals surface area contributed by atoms with Gasteiger partial charge in [0.2, 0.25) is 0 Å². The van der Waals surface area contributed by atoms with Crippen LogP contribution in [-0.4, -0.2) is 19.5 Å². The quantitative estimate of drug-likeness (QED) is 0.186. The monoisotopic (exact) mass is 680 g/mol. The molecule has 242 valence electrons. The highest BCUT2D eigenvalue weighted by Crippen LogP contribution is 2.43. The van der Waals surface area contributed by atoms with Gasteiger partial charge in [0.15, 0.2) is 17.5 Å². The average molecular weight is 681 g/mol. The minimum Gasteiger partial charge on any atom is -0.309 e. The van der Waals surface area contributed by atoms with Crippen LogP contribution in [0.4, 0.5) is 0 Å². The predicted octanol–water partition coefficient (Wildman–Crippen LogP) is 12.6. The van der Waals surface area contributed by atoms with Crippen molar-refractivity contribution in [1.82, 2.24) is 19.5 Å². The van der Waals surface area contributed by atoms with Gasteiger partial charge >= 0.3 is 0 Å². The Morgan fingerprint density at radius 2 is 1.04 bits per heavy atom. The fraction of sp³-hybridized carbons (Fsp3) is 0. The summed E-state index contributed by atoms with van der Waals surface area (Å²) in [6.07, 6.45) is 0. The molecule has 0 aliphatic heterocycles. The minimum atomic E-state index is 0.661. The maximum absolute atomic E-state index is 5.09. The van der Waals surface area contributed by atoms with Gasteiger partial charge in [0.1, 0.15) is 0 Å². The summed E-state index contributed by atoms with van der Waals surface area (Å²) < 4.78 is 4.89. The Bertz CT molecular complexity index is 3120. The smallest absolute Gasteiger partial charge is 0.164 e. The first-order chi connectivity index (χ1) is 25.8. The lowest BCUT2D eigenvalue weighted by atomic mass is 10.0. The van der Waals surface area contributed by atoms with Gasteiger partial charge in [-0.3, -0.25) is 0 Å². The zero-order valence-corrected chi connectivity index (χ0v) is 28.7. The molecular formula is C47H28N4S. The maximum atomic E-state index is 5.09. The summed E-state index contributed by atoms with van der Waals surface area (Å²) in [4.78, 5) is 15.1. The second kappa shape index (κ2) is 11.4. The third-order valence-corrected chi connectivity index (χ3v) is 11.3. The van der Waals surface area contributed by atoms with E-state index in [1.165, 1.54) is 58.1 Å². The number of benzene rings is 8. The second-order valence-electron chi connectivity index (χ2n) is 13.2. The lowest BCUT2D eigenvalue weighted by Crippen LogP contribution is -2.00. The third kappa shape index (κ3) is 4.50. The Balaban J connectivity index is 1.16.